The average Bonchev–Trinajstić information content (AvgIpc) is 2.70. The fraction of sp³-hybridized carbons (Fsp3) is 0.333. The van der Waals surface area contributed by atoms with Crippen LogP contribution in [0.3, 0.4) is 0 Å². The fourth-order valence-corrected chi connectivity index (χ4v) is 3.00. The molecule has 26 heavy (non-hydrogen) atoms. The fourth-order valence-electron chi connectivity index (χ4n) is 3.00. The maximum absolute atomic E-state index is 12.4. The lowest BCUT2D eigenvalue weighted by Crippen LogP contribution is -2.36. The van der Waals surface area contributed by atoms with E-state index in [-0.39, 0.29) is 31.0 Å². The van der Waals surface area contributed by atoms with Crippen LogP contribution in [-0.4, -0.2) is 36.5 Å². The second-order valence-electron chi connectivity index (χ2n) is 6.32. The maximum Gasteiger partial charge on any atom is 0.313 e. The summed E-state index contributed by atoms with van der Waals surface area (Å²) in [7, 11) is 0. The van der Waals surface area contributed by atoms with Gasteiger partial charge < -0.3 is 14.4 Å². The van der Waals surface area contributed by atoms with Crippen LogP contribution >= 0.6 is 0 Å². The lowest BCUT2D eigenvalue weighted by molar-refractivity contribution is -0.156. The molecule has 1 aliphatic rings. The van der Waals surface area contributed by atoms with E-state index in [2.05, 4.69) is 0 Å². The molecule has 0 saturated heterocycles. The first kappa shape index (κ1) is 18.0. The predicted octanol–water partition coefficient (Wildman–Crippen LogP) is 2.83. The molecule has 5 heteroatoms. The molecule has 0 saturated carbocycles. The van der Waals surface area contributed by atoms with Gasteiger partial charge in [-0.25, -0.2) is 0 Å². The molecule has 136 valence electrons. The molecule has 5 nitrogen and oxygen atoms in total. The zero-order valence-electron chi connectivity index (χ0n) is 14.9. The molecule has 0 aliphatic carbocycles. The van der Waals surface area contributed by atoms with Gasteiger partial charge in [-0.3, -0.25) is 9.59 Å². The summed E-state index contributed by atoms with van der Waals surface area (Å²) in [6.07, 6.45) is 0.574. The molecular weight excluding hydrogens is 330 g/mol. The van der Waals surface area contributed by atoms with Crippen molar-refractivity contribution in [2.45, 2.75) is 19.9 Å². The summed E-state index contributed by atoms with van der Waals surface area (Å²) in [5.41, 5.74) is 2.04. The van der Waals surface area contributed by atoms with Gasteiger partial charge in [0.1, 0.15) is 12.4 Å². The number of rotatable bonds is 6. The van der Waals surface area contributed by atoms with Crippen molar-refractivity contribution in [3.8, 4) is 5.75 Å². The highest BCUT2D eigenvalue weighted by molar-refractivity contribution is 5.81. The van der Waals surface area contributed by atoms with Gasteiger partial charge >= 0.3 is 5.97 Å². The van der Waals surface area contributed by atoms with Gasteiger partial charge in [-0.15, -0.1) is 0 Å². The molecule has 3 rings (SSSR count). The highest BCUT2D eigenvalue weighted by Gasteiger charge is 2.28. The number of para-hydroxylation sites is 1. The minimum atomic E-state index is -0.386. The molecule has 2 aromatic rings. The van der Waals surface area contributed by atoms with Crippen LogP contribution in [0, 0.1) is 5.92 Å². The van der Waals surface area contributed by atoms with Gasteiger partial charge in [0.2, 0.25) is 0 Å². The molecule has 1 aliphatic heterocycles. The van der Waals surface area contributed by atoms with Crippen molar-refractivity contribution in [1.82, 2.24) is 4.90 Å². The molecule has 0 radical (unpaired) electrons. The average molecular weight is 353 g/mol. The van der Waals surface area contributed by atoms with Crippen molar-refractivity contribution in [2.75, 3.05) is 19.8 Å². The van der Waals surface area contributed by atoms with Crippen molar-refractivity contribution in [3.63, 3.8) is 0 Å². The van der Waals surface area contributed by atoms with Crippen molar-refractivity contribution in [3.05, 3.63) is 65.7 Å². The monoisotopic (exact) mass is 353 g/mol. The summed E-state index contributed by atoms with van der Waals surface area (Å²) in [4.78, 5) is 26.4. The third-order valence-corrected chi connectivity index (χ3v) is 4.50. The highest BCUT2D eigenvalue weighted by atomic mass is 16.5. The van der Waals surface area contributed by atoms with Crippen LogP contribution in [0.5, 0.6) is 5.75 Å². The standard InChI is InChI=1S/C21H23NO4/c1-2-22(13-16-8-4-3-5-9-16)20(23)15-26-21(24)18-12-17-10-6-7-11-19(17)25-14-18/h3-11,18H,2,12-15H2,1H3. The Bertz CT molecular complexity index is 746. The number of amides is 1. The van der Waals surface area contributed by atoms with E-state index >= 15 is 0 Å². The van der Waals surface area contributed by atoms with Gasteiger partial charge in [-0.2, -0.15) is 0 Å². The summed E-state index contributed by atoms with van der Waals surface area (Å²) >= 11 is 0. The molecule has 0 N–H and O–H groups in total. The number of esters is 1. The number of hydrogen-bond donors (Lipinski definition) is 0. The van der Waals surface area contributed by atoms with Crippen molar-refractivity contribution in [1.29, 1.82) is 0 Å². The summed E-state index contributed by atoms with van der Waals surface area (Å²) in [5.74, 6) is -0.139. The Morgan fingerprint density at radius 1 is 1.12 bits per heavy atom. The van der Waals surface area contributed by atoms with Gasteiger partial charge in [-0.1, -0.05) is 48.5 Å². The van der Waals surface area contributed by atoms with E-state index in [1.54, 1.807) is 4.90 Å². The smallest absolute Gasteiger partial charge is 0.313 e. The first-order chi connectivity index (χ1) is 12.7. The molecular formula is C21H23NO4. The molecule has 0 bridgehead atoms. The lowest BCUT2D eigenvalue weighted by Gasteiger charge is -2.25. The van der Waals surface area contributed by atoms with Crippen molar-refractivity contribution >= 4 is 11.9 Å². The molecule has 1 heterocycles. The largest absolute Gasteiger partial charge is 0.492 e. The minimum Gasteiger partial charge on any atom is -0.492 e. The first-order valence-corrected chi connectivity index (χ1v) is 8.86. The molecule has 0 fully saturated rings. The number of ether oxygens (including phenoxy) is 2. The predicted molar refractivity (Wildman–Crippen MR) is 97.6 cm³/mol. The molecule has 1 amide bonds. The van der Waals surface area contributed by atoms with Crippen LogP contribution in [0.4, 0.5) is 0 Å². The number of benzene rings is 2. The molecule has 2 aromatic carbocycles. The van der Waals surface area contributed by atoms with Crippen LogP contribution in [0.2, 0.25) is 0 Å². The summed E-state index contributed by atoms with van der Waals surface area (Å²) < 4.78 is 10.9. The normalized spacial score (nSPS) is 15.5. The van der Waals surface area contributed by atoms with Gasteiger partial charge in [0, 0.05) is 13.1 Å². The van der Waals surface area contributed by atoms with Crippen LogP contribution in [0.25, 0.3) is 0 Å². The summed E-state index contributed by atoms with van der Waals surface area (Å²) in [6.45, 7) is 3.02. The van der Waals surface area contributed by atoms with E-state index in [4.69, 9.17) is 9.47 Å². The van der Waals surface area contributed by atoms with E-state index in [0.29, 0.717) is 19.5 Å². The summed E-state index contributed by atoms with van der Waals surface area (Å²) in [6, 6.07) is 17.4. The van der Waals surface area contributed by atoms with E-state index < -0.39 is 0 Å². The molecule has 0 aromatic heterocycles. The number of fused-ring (bicyclic) bond motifs is 1. The topological polar surface area (TPSA) is 55.8 Å². The zero-order valence-corrected chi connectivity index (χ0v) is 14.9. The Morgan fingerprint density at radius 3 is 2.62 bits per heavy atom. The van der Waals surface area contributed by atoms with Crippen LogP contribution in [-0.2, 0) is 27.3 Å². The van der Waals surface area contributed by atoms with Crippen LogP contribution in [0.15, 0.2) is 54.6 Å². The Labute approximate surface area is 153 Å². The van der Waals surface area contributed by atoms with Gasteiger partial charge in [0.25, 0.3) is 5.91 Å². The molecule has 1 unspecified atom stereocenters. The van der Waals surface area contributed by atoms with Crippen LogP contribution < -0.4 is 4.74 Å². The molecule has 1 atom stereocenters. The second-order valence-corrected chi connectivity index (χ2v) is 6.32. The Balaban J connectivity index is 1.51. The van der Waals surface area contributed by atoms with E-state index in [1.165, 1.54) is 0 Å². The number of likely N-dealkylation sites (N-methyl/N-ethyl adjacent to an activating group) is 1. The summed E-state index contributed by atoms with van der Waals surface area (Å²) in [5, 5.41) is 0. The first-order valence-electron chi connectivity index (χ1n) is 8.86. The Hall–Kier alpha value is -2.82. The third-order valence-electron chi connectivity index (χ3n) is 4.50. The van der Waals surface area contributed by atoms with E-state index in [9.17, 15) is 9.59 Å². The number of hydrogen-bond acceptors (Lipinski definition) is 4. The number of nitrogens with zero attached hydrogens (tertiary/aromatic N) is 1. The number of carbonyl (C=O) groups excluding carboxylic acids is 2. The van der Waals surface area contributed by atoms with Crippen molar-refractivity contribution in [2.24, 2.45) is 5.92 Å². The second kappa shape index (κ2) is 8.52. The Morgan fingerprint density at radius 2 is 1.85 bits per heavy atom. The van der Waals surface area contributed by atoms with Crippen molar-refractivity contribution < 1.29 is 19.1 Å². The van der Waals surface area contributed by atoms with E-state index in [1.807, 2.05) is 61.5 Å². The zero-order chi connectivity index (χ0) is 18.4. The lowest BCUT2D eigenvalue weighted by atomic mass is 9.97. The quantitative estimate of drug-likeness (QED) is 0.750. The van der Waals surface area contributed by atoms with Gasteiger partial charge in [0.05, 0.1) is 5.92 Å². The third kappa shape index (κ3) is 4.42. The van der Waals surface area contributed by atoms with E-state index in [0.717, 1.165) is 16.9 Å². The highest BCUT2D eigenvalue weighted by Crippen LogP contribution is 2.27. The maximum atomic E-state index is 12.4. The van der Waals surface area contributed by atoms with Crippen LogP contribution in [0.1, 0.15) is 18.1 Å². The minimum absolute atomic E-state index is 0.193. The number of carbonyl (C=O) groups is 2. The molecule has 0 spiro atoms. The van der Waals surface area contributed by atoms with Gasteiger partial charge in [-0.05, 0) is 30.5 Å². The Kier molecular flexibility index (Phi) is 5.89. The van der Waals surface area contributed by atoms with Gasteiger partial charge in [0.15, 0.2) is 6.61 Å². The SMILES string of the molecule is CCN(Cc1ccccc1)C(=O)COC(=O)C1COc2ccccc2C1.